The Morgan fingerprint density at radius 1 is 1.35 bits per heavy atom. The lowest BCUT2D eigenvalue weighted by Crippen LogP contribution is -2.45. The van der Waals surface area contributed by atoms with Gasteiger partial charge in [-0.2, -0.15) is 0 Å². The highest BCUT2D eigenvalue weighted by Crippen LogP contribution is 2.46. The van der Waals surface area contributed by atoms with Gasteiger partial charge in [-0.1, -0.05) is 30.7 Å². The maximum atomic E-state index is 10.1. The smallest absolute Gasteiger partial charge is 0.122 e. The van der Waals surface area contributed by atoms with Crippen molar-refractivity contribution >= 4 is 11.6 Å². The van der Waals surface area contributed by atoms with E-state index in [4.69, 9.17) is 11.6 Å². The number of aromatic nitrogens is 2. The summed E-state index contributed by atoms with van der Waals surface area (Å²) in [5.41, 5.74) is 1.06. The van der Waals surface area contributed by atoms with Gasteiger partial charge in [0.2, 0.25) is 0 Å². The molecule has 0 aliphatic carbocycles. The van der Waals surface area contributed by atoms with Gasteiger partial charge in [-0.15, -0.1) is 0 Å². The minimum absolute atomic E-state index is 0.167. The molecule has 1 saturated heterocycles. The summed E-state index contributed by atoms with van der Waals surface area (Å²) in [5.74, 6) is 1.44. The molecule has 1 aliphatic heterocycles. The van der Waals surface area contributed by atoms with Crippen LogP contribution in [0.15, 0.2) is 36.7 Å². The van der Waals surface area contributed by atoms with Crippen LogP contribution < -0.4 is 5.32 Å². The van der Waals surface area contributed by atoms with Crippen molar-refractivity contribution in [2.24, 2.45) is 13.0 Å². The van der Waals surface area contributed by atoms with E-state index in [1.807, 2.05) is 36.1 Å². The lowest BCUT2D eigenvalue weighted by atomic mass is 9.90. The van der Waals surface area contributed by atoms with Gasteiger partial charge in [-0.05, 0) is 43.5 Å². The summed E-state index contributed by atoms with van der Waals surface area (Å²) in [6.45, 7) is 7.03. The van der Waals surface area contributed by atoms with E-state index in [2.05, 4.69) is 41.2 Å². The minimum atomic E-state index is -0.200. The van der Waals surface area contributed by atoms with Crippen LogP contribution in [-0.2, 0) is 13.6 Å². The van der Waals surface area contributed by atoms with Gasteiger partial charge in [-0.3, -0.25) is 4.90 Å². The third-order valence-corrected chi connectivity index (χ3v) is 5.93. The third-order valence-electron chi connectivity index (χ3n) is 5.68. The summed E-state index contributed by atoms with van der Waals surface area (Å²) in [6, 6.07) is 8.41. The fraction of sp³-hybridized carbons (Fsp3) is 0.550. The number of benzene rings is 1. The Morgan fingerprint density at radius 3 is 2.65 bits per heavy atom. The van der Waals surface area contributed by atoms with Crippen LogP contribution in [-0.4, -0.2) is 44.8 Å². The van der Waals surface area contributed by atoms with Gasteiger partial charge in [0.25, 0.3) is 0 Å². The number of rotatable bonds is 7. The molecule has 0 radical (unpaired) electrons. The predicted molar refractivity (Wildman–Crippen MR) is 105 cm³/mol. The Bertz CT molecular complexity index is 717. The quantitative estimate of drug-likeness (QED) is 0.780. The first-order valence-corrected chi connectivity index (χ1v) is 9.66. The molecule has 1 fully saturated rings. The first-order chi connectivity index (χ1) is 12.5. The van der Waals surface area contributed by atoms with Crippen molar-refractivity contribution in [3.05, 3.63) is 53.1 Å². The number of likely N-dealkylation sites (N-methyl/N-ethyl adjacent to an activating group) is 1. The predicted octanol–water partition coefficient (Wildman–Crippen LogP) is 3.00. The number of aryl methyl sites for hydroxylation is 1. The van der Waals surface area contributed by atoms with E-state index in [0.29, 0.717) is 5.92 Å². The largest absolute Gasteiger partial charge is 0.394 e. The highest BCUT2D eigenvalue weighted by Gasteiger charge is 2.47. The second kappa shape index (κ2) is 8.09. The van der Waals surface area contributed by atoms with Gasteiger partial charge in [-0.25, -0.2) is 4.98 Å². The fourth-order valence-electron chi connectivity index (χ4n) is 4.35. The second-order valence-corrected chi connectivity index (χ2v) is 7.92. The van der Waals surface area contributed by atoms with Gasteiger partial charge in [0.05, 0.1) is 13.2 Å². The maximum Gasteiger partial charge on any atom is 0.122 e. The molecule has 2 N–H and O–H groups in total. The summed E-state index contributed by atoms with van der Waals surface area (Å²) in [4.78, 5) is 6.81. The van der Waals surface area contributed by atoms with Crippen molar-refractivity contribution in [3.8, 4) is 0 Å². The van der Waals surface area contributed by atoms with Crippen LogP contribution in [0.2, 0.25) is 5.02 Å². The third kappa shape index (κ3) is 3.81. The van der Waals surface area contributed by atoms with Gasteiger partial charge in [0.1, 0.15) is 5.82 Å². The van der Waals surface area contributed by atoms with Gasteiger partial charge in [0, 0.05) is 42.6 Å². The van der Waals surface area contributed by atoms with Crippen LogP contribution in [0, 0.1) is 5.92 Å². The number of aliphatic hydroxyl groups excluding tert-OH is 1. The fourth-order valence-corrected chi connectivity index (χ4v) is 4.48. The van der Waals surface area contributed by atoms with Crippen LogP contribution in [0.25, 0.3) is 0 Å². The Morgan fingerprint density at radius 2 is 2.08 bits per heavy atom. The standard InChI is InChI=1S/C20H29ClN4O/c1-4-25-19(15-5-7-17(21)8-6-15)16(11-20(25,2)14-26)12-22-13-18-23-9-10-24(18)3/h5-10,16,19,22,26H,4,11-14H2,1-3H3/t16-,19+,20+/m1/s1. The molecule has 6 heteroatoms. The summed E-state index contributed by atoms with van der Waals surface area (Å²) in [7, 11) is 2.01. The van der Waals surface area contributed by atoms with Gasteiger partial charge < -0.3 is 15.0 Å². The van der Waals surface area contributed by atoms with Crippen LogP contribution in [0.3, 0.4) is 0 Å². The molecule has 26 heavy (non-hydrogen) atoms. The molecular weight excluding hydrogens is 348 g/mol. The van der Waals surface area contributed by atoms with E-state index in [1.54, 1.807) is 0 Å². The first-order valence-electron chi connectivity index (χ1n) is 9.28. The molecule has 1 aromatic carbocycles. The van der Waals surface area contributed by atoms with E-state index >= 15 is 0 Å². The van der Waals surface area contributed by atoms with E-state index in [-0.39, 0.29) is 18.2 Å². The normalized spacial score (nSPS) is 26.5. The monoisotopic (exact) mass is 376 g/mol. The summed E-state index contributed by atoms with van der Waals surface area (Å²) in [5, 5.41) is 14.4. The van der Waals surface area contributed by atoms with E-state index in [0.717, 1.165) is 36.9 Å². The molecule has 1 aliphatic rings. The Kier molecular flexibility index (Phi) is 6.03. The second-order valence-electron chi connectivity index (χ2n) is 7.49. The highest BCUT2D eigenvalue weighted by atomic mass is 35.5. The molecule has 0 saturated carbocycles. The minimum Gasteiger partial charge on any atom is -0.394 e. The Balaban J connectivity index is 1.78. The zero-order chi connectivity index (χ0) is 18.7. The molecule has 5 nitrogen and oxygen atoms in total. The van der Waals surface area contributed by atoms with E-state index in [9.17, 15) is 5.11 Å². The lowest BCUT2D eigenvalue weighted by molar-refractivity contribution is 0.0579. The average Bonchev–Trinajstić information content (AvgIpc) is 3.17. The van der Waals surface area contributed by atoms with Crippen molar-refractivity contribution < 1.29 is 5.11 Å². The molecule has 3 atom stereocenters. The van der Waals surface area contributed by atoms with Crippen LogP contribution in [0.5, 0.6) is 0 Å². The number of imidazole rings is 1. The van der Waals surface area contributed by atoms with Crippen LogP contribution in [0.4, 0.5) is 0 Å². The number of nitrogens with zero attached hydrogens (tertiary/aromatic N) is 3. The molecule has 3 rings (SSSR count). The highest BCUT2D eigenvalue weighted by molar-refractivity contribution is 6.30. The molecule has 2 heterocycles. The summed E-state index contributed by atoms with van der Waals surface area (Å²) in [6.07, 6.45) is 4.74. The number of nitrogens with one attached hydrogen (secondary N) is 1. The molecule has 2 aromatic rings. The average molecular weight is 377 g/mol. The van der Waals surface area contributed by atoms with E-state index < -0.39 is 0 Å². The zero-order valence-electron chi connectivity index (χ0n) is 15.8. The SMILES string of the molecule is CCN1[C@@H](c2ccc(Cl)cc2)[C@@H](CNCc2nccn2C)C[C@@]1(C)CO. The summed E-state index contributed by atoms with van der Waals surface area (Å²) >= 11 is 6.09. The summed E-state index contributed by atoms with van der Waals surface area (Å²) < 4.78 is 2.04. The molecule has 0 amide bonds. The van der Waals surface area contributed by atoms with Crippen LogP contribution in [0.1, 0.15) is 37.7 Å². The van der Waals surface area contributed by atoms with E-state index in [1.165, 1.54) is 5.56 Å². The van der Waals surface area contributed by atoms with Crippen LogP contribution >= 0.6 is 11.6 Å². The number of hydrogen-bond donors (Lipinski definition) is 2. The Labute approximate surface area is 161 Å². The van der Waals surface area contributed by atoms with Crippen molar-refractivity contribution in [1.82, 2.24) is 19.8 Å². The molecule has 1 aromatic heterocycles. The molecular formula is C20H29ClN4O. The molecule has 142 valence electrons. The molecule has 0 unspecified atom stereocenters. The number of halogens is 1. The number of likely N-dealkylation sites (tertiary alicyclic amines) is 1. The zero-order valence-corrected chi connectivity index (χ0v) is 16.6. The number of aliphatic hydroxyl groups is 1. The van der Waals surface area contributed by atoms with Gasteiger partial charge >= 0.3 is 0 Å². The Hall–Kier alpha value is -1.40. The van der Waals surface area contributed by atoms with Crippen molar-refractivity contribution in [2.45, 2.75) is 38.4 Å². The first kappa shape index (κ1) is 19.4. The van der Waals surface area contributed by atoms with Gasteiger partial charge in [0.15, 0.2) is 0 Å². The topological polar surface area (TPSA) is 53.3 Å². The van der Waals surface area contributed by atoms with Crippen molar-refractivity contribution in [1.29, 1.82) is 0 Å². The van der Waals surface area contributed by atoms with Crippen molar-refractivity contribution in [2.75, 3.05) is 19.7 Å². The molecule has 0 bridgehead atoms. The molecule has 0 spiro atoms. The van der Waals surface area contributed by atoms with Crippen molar-refractivity contribution in [3.63, 3.8) is 0 Å². The number of hydrogen-bond acceptors (Lipinski definition) is 4. The maximum absolute atomic E-state index is 10.1. The lowest BCUT2D eigenvalue weighted by Gasteiger charge is -2.37.